The molecule has 0 aliphatic carbocycles. The van der Waals surface area contributed by atoms with Gasteiger partial charge in [-0.1, -0.05) is 0 Å². The van der Waals surface area contributed by atoms with E-state index in [4.69, 9.17) is 0 Å². The number of aryl methyl sites for hydroxylation is 2. The number of imidazole rings is 1. The Morgan fingerprint density at radius 2 is 2.14 bits per heavy atom. The van der Waals surface area contributed by atoms with E-state index in [2.05, 4.69) is 31.1 Å². The molecule has 0 saturated carbocycles. The predicted octanol–water partition coefficient (Wildman–Crippen LogP) is 2.49. The summed E-state index contributed by atoms with van der Waals surface area (Å²) in [6, 6.07) is 0. The highest BCUT2D eigenvalue weighted by Gasteiger charge is 2.41. The fraction of sp³-hybridized carbons (Fsp3) is 0.583. The van der Waals surface area contributed by atoms with E-state index in [1.54, 1.807) is 17.8 Å². The molecule has 0 spiro atoms. The van der Waals surface area contributed by atoms with Crippen LogP contribution in [0.1, 0.15) is 23.6 Å². The van der Waals surface area contributed by atoms with Crippen LogP contribution in [0.3, 0.4) is 0 Å². The molecule has 1 unspecified atom stereocenters. The quantitative estimate of drug-likeness (QED) is 0.823. The van der Waals surface area contributed by atoms with Gasteiger partial charge in [0, 0.05) is 32.6 Å². The first-order valence-electron chi connectivity index (χ1n) is 6.50. The lowest BCUT2D eigenvalue weighted by atomic mass is 9.99. The third kappa shape index (κ3) is 2.97. The van der Waals surface area contributed by atoms with Crippen LogP contribution in [-0.4, -0.2) is 30.7 Å². The van der Waals surface area contributed by atoms with E-state index in [0.29, 0.717) is 29.0 Å². The molecule has 5 nitrogen and oxygen atoms in total. The van der Waals surface area contributed by atoms with Crippen LogP contribution >= 0.6 is 15.9 Å². The minimum Gasteiger partial charge on any atom is -0.334 e. The monoisotopic (exact) mass is 363 g/mol. The molecule has 3 rings (SSSR count). The molecule has 0 saturated heterocycles. The van der Waals surface area contributed by atoms with Crippen molar-refractivity contribution in [3.63, 3.8) is 0 Å². The summed E-state index contributed by atoms with van der Waals surface area (Å²) in [5, 5.41) is 8.27. The van der Waals surface area contributed by atoms with Gasteiger partial charge in [0.05, 0.1) is 11.6 Å². The fourth-order valence-corrected chi connectivity index (χ4v) is 3.01. The van der Waals surface area contributed by atoms with Crippen LogP contribution in [-0.2, 0) is 26.4 Å². The molecule has 0 N–H and O–H groups in total. The van der Waals surface area contributed by atoms with Gasteiger partial charge < -0.3 is 4.57 Å². The van der Waals surface area contributed by atoms with E-state index in [1.165, 1.54) is 4.80 Å². The van der Waals surface area contributed by atoms with Crippen molar-refractivity contribution in [2.24, 2.45) is 13.0 Å². The number of nitrogens with zero attached hydrogens (tertiary/aromatic N) is 5. The van der Waals surface area contributed by atoms with E-state index in [0.717, 1.165) is 5.69 Å². The van der Waals surface area contributed by atoms with Crippen LogP contribution in [0, 0.1) is 5.92 Å². The molecule has 0 bridgehead atoms. The lowest BCUT2D eigenvalue weighted by molar-refractivity contribution is -0.182. The molecule has 1 atom stereocenters. The number of hydrogen-bond donors (Lipinski definition) is 0. The summed E-state index contributed by atoms with van der Waals surface area (Å²) in [6.07, 6.45) is -1.55. The van der Waals surface area contributed by atoms with Crippen molar-refractivity contribution in [1.82, 2.24) is 24.5 Å². The Balaban J connectivity index is 1.79. The lowest BCUT2D eigenvalue weighted by Gasteiger charge is -2.25. The summed E-state index contributed by atoms with van der Waals surface area (Å²) in [5.41, 5.74) is 1.44. The topological polar surface area (TPSA) is 48.5 Å². The largest absolute Gasteiger partial charge is 0.393 e. The van der Waals surface area contributed by atoms with Crippen molar-refractivity contribution in [3.05, 3.63) is 28.0 Å². The summed E-state index contributed by atoms with van der Waals surface area (Å²) in [6.45, 7) is -0.0481. The van der Waals surface area contributed by atoms with Gasteiger partial charge in [0.15, 0.2) is 4.60 Å². The Hall–Kier alpha value is -1.38. The minimum atomic E-state index is -4.14. The molecule has 114 valence electrons. The lowest BCUT2D eigenvalue weighted by Crippen LogP contribution is -2.31. The Bertz CT molecular complexity index is 660. The Morgan fingerprint density at radius 1 is 1.38 bits per heavy atom. The first-order valence-corrected chi connectivity index (χ1v) is 7.29. The second kappa shape index (κ2) is 5.11. The third-order valence-electron chi connectivity index (χ3n) is 3.59. The molecular formula is C12H13BrF3N5. The van der Waals surface area contributed by atoms with E-state index < -0.39 is 12.1 Å². The van der Waals surface area contributed by atoms with E-state index in [-0.39, 0.29) is 13.0 Å². The third-order valence-corrected chi connectivity index (χ3v) is 4.21. The SMILES string of the molecule is Cn1nc(Br)c(Cc2cn3c(n2)CCC(C(F)(F)F)C3)n1. The van der Waals surface area contributed by atoms with Crippen molar-refractivity contribution >= 4 is 15.9 Å². The number of alkyl halides is 3. The summed E-state index contributed by atoms with van der Waals surface area (Å²) in [5.74, 6) is -0.569. The van der Waals surface area contributed by atoms with Crippen LogP contribution in [0.2, 0.25) is 0 Å². The molecular weight excluding hydrogens is 351 g/mol. The van der Waals surface area contributed by atoms with Gasteiger partial charge in [0.1, 0.15) is 11.5 Å². The zero-order valence-corrected chi connectivity index (χ0v) is 12.8. The normalized spacial score (nSPS) is 18.8. The fourth-order valence-electron chi connectivity index (χ4n) is 2.56. The van der Waals surface area contributed by atoms with Gasteiger partial charge in [0.25, 0.3) is 0 Å². The maximum atomic E-state index is 12.8. The highest BCUT2D eigenvalue weighted by Crippen LogP contribution is 2.34. The molecule has 21 heavy (non-hydrogen) atoms. The molecule has 1 aliphatic rings. The van der Waals surface area contributed by atoms with Crippen molar-refractivity contribution in [2.45, 2.75) is 32.0 Å². The minimum absolute atomic E-state index is 0.0481. The van der Waals surface area contributed by atoms with E-state index in [1.807, 2.05) is 0 Å². The van der Waals surface area contributed by atoms with Crippen molar-refractivity contribution < 1.29 is 13.2 Å². The molecule has 0 radical (unpaired) electrons. The van der Waals surface area contributed by atoms with Gasteiger partial charge in [-0.15, -0.1) is 5.10 Å². The number of halogens is 4. The van der Waals surface area contributed by atoms with Crippen molar-refractivity contribution in [2.75, 3.05) is 0 Å². The van der Waals surface area contributed by atoms with E-state index >= 15 is 0 Å². The number of fused-ring (bicyclic) bond motifs is 1. The van der Waals surface area contributed by atoms with E-state index in [9.17, 15) is 13.2 Å². The van der Waals surface area contributed by atoms with Crippen LogP contribution in [0.25, 0.3) is 0 Å². The average molecular weight is 364 g/mol. The maximum Gasteiger partial charge on any atom is 0.393 e. The van der Waals surface area contributed by atoms with Crippen LogP contribution in [0.4, 0.5) is 13.2 Å². The molecule has 0 amide bonds. The van der Waals surface area contributed by atoms with Gasteiger partial charge in [-0.2, -0.15) is 23.1 Å². The molecule has 9 heteroatoms. The van der Waals surface area contributed by atoms with Gasteiger partial charge in [-0.3, -0.25) is 0 Å². The summed E-state index contributed by atoms with van der Waals surface area (Å²) in [4.78, 5) is 5.85. The van der Waals surface area contributed by atoms with Gasteiger partial charge in [0.2, 0.25) is 0 Å². The summed E-state index contributed by atoms with van der Waals surface area (Å²) in [7, 11) is 1.71. The summed E-state index contributed by atoms with van der Waals surface area (Å²) < 4.78 is 40.6. The molecule has 2 aromatic heterocycles. The first-order chi connectivity index (χ1) is 9.83. The maximum absolute atomic E-state index is 12.8. The summed E-state index contributed by atoms with van der Waals surface area (Å²) >= 11 is 3.30. The zero-order valence-electron chi connectivity index (χ0n) is 11.2. The van der Waals surface area contributed by atoms with Gasteiger partial charge in [-0.05, 0) is 22.4 Å². The van der Waals surface area contributed by atoms with Crippen LogP contribution in [0.5, 0.6) is 0 Å². The highest BCUT2D eigenvalue weighted by atomic mass is 79.9. The molecule has 2 aromatic rings. The zero-order chi connectivity index (χ0) is 15.2. The molecule has 0 aromatic carbocycles. The highest BCUT2D eigenvalue weighted by molar-refractivity contribution is 9.10. The van der Waals surface area contributed by atoms with Crippen molar-refractivity contribution in [1.29, 1.82) is 0 Å². The number of aromatic nitrogens is 5. The standard InChI is InChI=1S/C12H13BrF3N5/c1-20-18-9(11(13)19-20)4-8-6-21-5-7(12(14,15)16)2-3-10(21)17-8/h6-7H,2-5H2,1H3. The van der Waals surface area contributed by atoms with Crippen LogP contribution in [0.15, 0.2) is 10.8 Å². The number of hydrogen-bond acceptors (Lipinski definition) is 3. The molecule has 0 fully saturated rings. The number of rotatable bonds is 2. The van der Waals surface area contributed by atoms with Gasteiger partial charge in [-0.25, -0.2) is 4.98 Å². The Labute approximate surface area is 127 Å². The Kier molecular flexibility index (Phi) is 3.54. The van der Waals surface area contributed by atoms with Gasteiger partial charge >= 0.3 is 6.18 Å². The molecule has 1 aliphatic heterocycles. The first kappa shape index (κ1) is 14.6. The Morgan fingerprint density at radius 3 is 2.76 bits per heavy atom. The molecule has 3 heterocycles. The smallest absolute Gasteiger partial charge is 0.334 e. The second-order valence-corrected chi connectivity index (χ2v) is 5.93. The second-order valence-electron chi connectivity index (χ2n) is 5.18. The average Bonchev–Trinajstić information content (AvgIpc) is 2.90. The van der Waals surface area contributed by atoms with Crippen LogP contribution < -0.4 is 0 Å². The van der Waals surface area contributed by atoms with Crippen molar-refractivity contribution in [3.8, 4) is 0 Å². The predicted molar refractivity (Wildman–Crippen MR) is 71.6 cm³/mol.